The molecule has 5 aromatic rings. The van der Waals surface area contributed by atoms with Crippen LogP contribution in [0.25, 0.3) is 11.0 Å². The number of hydrogen-bond acceptors (Lipinski definition) is 3. The number of carbonyl (C=O) groups excluding carboxylic acids is 2. The largest absolute Gasteiger partial charge is 0.323 e. The number of carbonyl (C=O) groups is 2. The highest BCUT2D eigenvalue weighted by molar-refractivity contribution is 6.30. The van der Waals surface area contributed by atoms with Crippen LogP contribution in [0.1, 0.15) is 50.9 Å². The van der Waals surface area contributed by atoms with Gasteiger partial charge in [0.2, 0.25) is 0 Å². The summed E-state index contributed by atoms with van der Waals surface area (Å²) in [4.78, 5) is 31.6. The van der Waals surface area contributed by atoms with E-state index in [0.29, 0.717) is 22.7 Å². The second-order valence-electron chi connectivity index (χ2n) is 8.85. The molecule has 0 aliphatic heterocycles. The lowest BCUT2D eigenvalue weighted by atomic mass is 9.91. The Morgan fingerprint density at radius 1 is 0.694 bits per heavy atom. The van der Waals surface area contributed by atoms with E-state index >= 15 is 0 Å². The number of Topliss-reactive ketones (excluding diaryl/α,β-unsaturated/α-hetero) is 2. The quantitative estimate of drug-likeness (QED) is 0.202. The van der Waals surface area contributed by atoms with Crippen LogP contribution in [0.15, 0.2) is 109 Å². The minimum absolute atomic E-state index is 0.00781. The van der Waals surface area contributed by atoms with Gasteiger partial charge in [0.15, 0.2) is 11.6 Å². The second kappa shape index (κ2) is 10.7. The lowest BCUT2D eigenvalue weighted by Gasteiger charge is -2.18. The fourth-order valence-corrected chi connectivity index (χ4v) is 4.66. The number of imidazole rings is 1. The predicted molar refractivity (Wildman–Crippen MR) is 144 cm³/mol. The van der Waals surface area contributed by atoms with Crippen LogP contribution in [0.4, 0.5) is 0 Å². The zero-order valence-corrected chi connectivity index (χ0v) is 20.4. The molecule has 0 N–H and O–H groups in total. The maximum Gasteiger partial charge on any atom is 0.163 e. The van der Waals surface area contributed by atoms with Crippen LogP contribution in [0, 0.1) is 0 Å². The van der Waals surface area contributed by atoms with E-state index in [2.05, 4.69) is 4.57 Å². The van der Waals surface area contributed by atoms with Gasteiger partial charge in [-0.1, -0.05) is 96.5 Å². The number of fused-ring (bicyclic) bond motifs is 1. The van der Waals surface area contributed by atoms with E-state index in [1.54, 1.807) is 0 Å². The van der Waals surface area contributed by atoms with Crippen LogP contribution in [0.2, 0.25) is 5.02 Å². The van der Waals surface area contributed by atoms with E-state index in [-0.39, 0.29) is 30.3 Å². The first-order valence-electron chi connectivity index (χ1n) is 11.9. The summed E-state index contributed by atoms with van der Waals surface area (Å²) in [6.45, 7) is 0.558. The molecule has 0 radical (unpaired) electrons. The maximum atomic E-state index is 13.3. The summed E-state index contributed by atoms with van der Waals surface area (Å²) < 4.78 is 2.12. The van der Waals surface area contributed by atoms with Gasteiger partial charge in [-0.3, -0.25) is 9.59 Å². The zero-order chi connectivity index (χ0) is 24.9. The Kier molecular flexibility index (Phi) is 7.06. The topological polar surface area (TPSA) is 52.0 Å². The van der Waals surface area contributed by atoms with Crippen molar-refractivity contribution in [3.8, 4) is 0 Å². The first-order valence-corrected chi connectivity index (χ1v) is 12.3. The molecule has 0 saturated carbocycles. The summed E-state index contributed by atoms with van der Waals surface area (Å²) in [5, 5.41) is 0.675. The Morgan fingerprint density at radius 2 is 1.22 bits per heavy atom. The highest BCUT2D eigenvalue weighted by Crippen LogP contribution is 2.31. The summed E-state index contributed by atoms with van der Waals surface area (Å²) in [5.41, 5.74) is 4.13. The van der Waals surface area contributed by atoms with Crippen LogP contribution in [-0.2, 0) is 6.54 Å². The van der Waals surface area contributed by atoms with E-state index in [9.17, 15) is 9.59 Å². The lowest BCUT2D eigenvalue weighted by molar-refractivity contribution is 0.0941. The van der Waals surface area contributed by atoms with Crippen molar-refractivity contribution >= 4 is 34.2 Å². The van der Waals surface area contributed by atoms with Gasteiger partial charge in [-0.15, -0.1) is 0 Å². The number of rotatable bonds is 9. The third-order valence-corrected chi connectivity index (χ3v) is 6.61. The minimum atomic E-state index is -0.384. The van der Waals surface area contributed by atoms with E-state index in [4.69, 9.17) is 16.6 Å². The third kappa shape index (κ3) is 5.29. The molecule has 4 nitrogen and oxygen atoms in total. The van der Waals surface area contributed by atoms with Crippen LogP contribution in [-0.4, -0.2) is 21.1 Å². The summed E-state index contributed by atoms with van der Waals surface area (Å²) in [6, 6.07) is 34.1. The molecular weight excluding hydrogens is 468 g/mol. The average Bonchev–Trinajstić information content (AvgIpc) is 3.28. The SMILES string of the molecule is O=C(CC(CC(=O)c1ccccc1)c1nc2ccccc2n1Cc1ccc(Cl)cc1)c1ccccc1. The molecule has 0 bridgehead atoms. The molecule has 1 aromatic heterocycles. The molecular formula is C31H25ClN2O2. The first-order chi connectivity index (χ1) is 17.6. The molecule has 4 aromatic carbocycles. The molecule has 0 saturated heterocycles. The minimum Gasteiger partial charge on any atom is -0.323 e. The maximum absolute atomic E-state index is 13.3. The molecule has 178 valence electrons. The van der Waals surface area contributed by atoms with Gasteiger partial charge >= 0.3 is 0 Å². The molecule has 0 atom stereocenters. The molecule has 0 aliphatic carbocycles. The van der Waals surface area contributed by atoms with Gasteiger partial charge in [-0.05, 0) is 29.8 Å². The van der Waals surface area contributed by atoms with E-state index in [1.807, 2.05) is 109 Å². The zero-order valence-electron chi connectivity index (χ0n) is 19.7. The van der Waals surface area contributed by atoms with Crippen molar-refractivity contribution in [3.05, 3.63) is 137 Å². The molecule has 5 rings (SSSR count). The van der Waals surface area contributed by atoms with Crippen molar-refractivity contribution < 1.29 is 9.59 Å². The van der Waals surface area contributed by atoms with Crippen molar-refractivity contribution in [1.29, 1.82) is 0 Å². The van der Waals surface area contributed by atoms with Crippen LogP contribution in [0.3, 0.4) is 0 Å². The molecule has 36 heavy (non-hydrogen) atoms. The van der Waals surface area contributed by atoms with Crippen LogP contribution < -0.4 is 0 Å². The molecule has 1 heterocycles. The van der Waals surface area contributed by atoms with Crippen molar-refractivity contribution in [1.82, 2.24) is 9.55 Å². The summed E-state index contributed by atoms with van der Waals surface area (Å²) in [6.07, 6.45) is 0.374. The standard InChI is InChI=1S/C31H25ClN2O2/c32-26-17-15-22(16-18-26)21-34-28-14-8-7-13-27(28)33-31(34)25(19-29(35)23-9-3-1-4-10-23)20-30(36)24-11-5-2-6-12-24/h1-18,25H,19-21H2. The van der Waals surface area contributed by atoms with Gasteiger partial charge in [0, 0.05) is 41.5 Å². The Bertz CT molecular complexity index is 1440. The highest BCUT2D eigenvalue weighted by Gasteiger charge is 2.26. The fraction of sp³-hybridized carbons (Fsp3) is 0.129. The average molecular weight is 493 g/mol. The monoisotopic (exact) mass is 492 g/mol. The van der Waals surface area contributed by atoms with Crippen molar-refractivity contribution in [3.63, 3.8) is 0 Å². The molecule has 5 heteroatoms. The second-order valence-corrected chi connectivity index (χ2v) is 9.29. The van der Waals surface area contributed by atoms with Gasteiger partial charge in [0.1, 0.15) is 5.82 Å². The van der Waals surface area contributed by atoms with Gasteiger partial charge in [-0.25, -0.2) is 4.98 Å². The Hall–Kier alpha value is -4.02. The van der Waals surface area contributed by atoms with E-state index in [0.717, 1.165) is 22.4 Å². The summed E-state index contributed by atoms with van der Waals surface area (Å²) >= 11 is 6.11. The smallest absolute Gasteiger partial charge is 0.163 e. The fourth-order valence-electron chi connectivity index (χ4n) is 4.53. The molecule has 0 amide bonds. The number of halogens is 1. The number of para-hydroxylation sites is 2. The lowest BCUT2D eigenvalue weighted by Crippen LogP contribution is -2.17. The molecule has 0 aliphatic rings. The van der Waals surface area contributed by atoms with Crippen molar-refractivity contribution in [2.75, 3.05) is 0 Å². The van der Waals surface area contributed by atoms with Crippen LogP contribution >= 0.6 is 11.6 Å². The normalized spacial score (nSPS) is 11.2. The predicted octanol–water partition coefficient (Wildman–Crippen LogP) is 7.37. The third-order valence-electron chi connectivity index (χ3n) is 6.36. The number of benzene rings is 4. The van der Waals surface area contributed by atoms with Crippen LogP contribution in [0.5, 0.6) is 0 Å². The summed E-state index contributed by atoms with van der Waals surface area (Å²) in [7, 11) is 0. The Morgan fingerprint density at radius 3 is 1.81 bits per heavy atom. The molecule has 0 fully saturated rings. The van der Waals surface area contributed by atoms with E-state index < -0.39 is 0 Å². The molecule has 0 spiro atoms. The number of aromatic nitrogens is 2. The van der Waals surface area contributed by atoms with E-state index in [1.165, 1.54) is 0 Å². The number of hydrogen-bond donors (Lipinski definition) is 0. The number of nitrogens with zero attached hydrogens (tertiary/aromatic N) is 2. The molecule has 0 unspecified atom stereocenters. The first kappa shape index (κ1) is 23.7. The van der Waals surface area contributed by atoms with Crippen molar-refractivity contribution in [2.45, 2.75) is 25.3 Å². The van der Waals surface area contributed by atoms with Gasteiger partial charge in [0.25, 0.3) is 0 Å². The summed E-state index contributed by atoms with van der Waals surface area (Å²) in [5.74, 6) is 0.336. The van der Waals surface area contributed by atoms with Gasteiger partial charge < -0.3 is 4.57 Å². The number of ketones is 2. The highest BCUT2D eigenvalue weighted by atomic mass is 35.5. The van der Waals surface area contributed by atoms with Crippen molar-refractivity contribution in [2.24, 2.45) is 0 Å². The Balaban J connectivity index is 1.57. The van der Waals surface area contributed by atoms with Gasteiger partial charge in [0.05, 0.1) is 11.0 Å². The van der Waals surface area contributed by atoms with Gasteiger partial charge in [-0.2, -0.15) is 0 Å². The Labute approximate surface area is 215 Å².